The molecule has 0 aromatic heterocycles. The molecule has 1 aromatic rings. The number of rotatable bonds is 4. The van der Waals surface area contributed by atoms with Crippen LogP contribution in [0.2, 0.25) is 0 Å². The topological polar surface area (TPSA) is 40.5 Å². The smallest absolute Gasteiger partial charge is 0.0849 e. The van der Waals surface area contributed by atoms with Crippen LogP contribution in [-0.2, 0) is 0 Å². The van der Waals surface area contributed by atoms with E-state index in [4.69, 9.17) is 5.11 Å². The Labute approximate surface area is 84.5 Å². The lowest BCUT2D eigenvalue weighted by Gasteiger charge is -2.15. The van der Waals surface area contributed by atoms with E-state index in [9.17, 15) is 5.11 Å². The summed E-state index contributed by atoms with van der Waals surface area (Å²) in [6.45, 7) is 1.94. The Hall–Kier alpha value is -1.12. The van der Waals surface area contributed by atoms with Gasteiger partial charge in [0.25, 0.3) is 0 Å². The maximum atomic E-state index is 9.88. The van der Waals surface area contributed by atoms with Gasteiger partial charge in [-0.05, 0) is 5.56 Å². The van der Waals surface area contributed by atoms with Crippen LogP contribution < -0.4 is 0 Å². The molecule has 0 heterocycles. The molecule has 14 heavy (non-hydrogen) atoms. The predicted octanol–water partition coefficient (Wildman–Crippen LogP) is 1.90. The molecule has 0 spiro atoms. The zero-order valence-corrected chi connectivity index (χ0v) is 8.30. The average Bonchev–Trinajstić information content (AvgIpc) is 2.26. The minimum Gasteiger partial charge on any atom is -0.392 e. The van der Waals surface area contributed by atoms with Gasteiger partial charge in [0.15, 0.2) is 0 Å². The Morgan fingerprint density at radius 1 is 1.29 bits per heavy atom. The van der Waals surface area contributed by atoms with Gasteiger partial charge in [-0.15, -0.1) is 0 Å². The minimum absolute atomic E-state index is 0.0181. The highest BCUT2D eigenvalue weighted by Gasteiger charge is 2.12. The zero-order chi connectivity index (χ0) is 10.4. The van der Waals surface area contributed by atoms with Crippen molar-refractivity contribution in [2.24, 2.45) is 5.92 Å². The van der Waals surface area contributed by atoms with Crippen molar-refractivity contribution in [1.29, 1.82) is 0 Å². The largest absolute Gasteiger partial charge is 0.392 e. The van der Waals surface area contributed by atoms with Crippen LogP contribution in [0.3, 0.4) is 0 Å². The van der Waals surface area contributed by atoms with Crippen LogP contribution in [0.1, 0.15) is 18.6 Å². The Morgan fingerprint density at radius 3 is 2.50 bits per heavy atom. The highest BCUT2D eigenvalue weighted by molar-refractivity contribution is 5.18. The van der Waals surface area contributed by atoms with E-state index in [0.717, 1.165) is 5.56 Å². The molecular weight excluding hydrogens is 176 g/mol. The van der Waals surface area contributed by atoms with Crippen LogP contribution in [0.25, 0.3) is 0 Å². The van der Waals surface area contributed by atoms with Crippen molar-refractivity contribution in [2.45, 2.75) is 13.0 Å². The third kappa shape index (κ3) is 2.98. The second-order valence-electron chi connectivity index (χ2n) is 3.33. The summed E-state index contributed by atoms with van der Waals surface area (Å²) in [4.78, 5) is 0. The number of hydrogen-bond acceptors (Lipinski definition) is 2. The van der Waals surface area contributed by atoms with Crippen LogP contribution >= 0.6 is 0 Å². The van der Waals surface area contributed by atoms with E-state index in [1.165, 1.54) is 0 Å². The number of aliphatic hydroxyl groups is 2. The quantitative estimate of drug-likeness (QED) is 0.715. The van der Waals surface area contributed by atoms with Gasteiger partial charge < -0.3 is 10.2 Å². The molecule has 2 unspecified atom stereocenters. The van der Waals surface area contributed by atoms with Gasteiger partial charge in [0.05, 0.1) is 12.7 Å². The monoisotopic (exact) mass is 192 g/mol. The summed E-state index contributed by atoms with van der Waals surface area (Å²) in [6.07, 6.45) is 2.97. The maximum absolute atomic E-state index is 9.88. The first kappa shape index (κ1) is 11.0. The zero-order valence-electron chi connectivity index (χ0n) is 8.30. The fraction of sp³-hybridized carbons (Fsp3) is 0.333. The fourth-order valence-electron chi connectivity index (χ4n) is 1.33. The van der Waals surface area contributed by atoms with E-state index in [0.29, 0.717) is 0 Å². The second-order valence-corrected chi connectivity index (χ2v) is 3.33. The maximum Gasteiger partial charge on any atom is 0.0849 e. The second kappa shape index (κ2) is 5.58. The Kier molecular flexibility index (Phi) is 4.36. The van der Waals surface area contributed by atoms with E-state index in [2.05, 4.69) is 0 Å². The number of aliphatic hydroxyl groups excluding tert-OH is 2. The molecule has 0 aliphatic heterocycles. The lowest BCUT2D eigenvalue weighted by Crippen LogP contribution is -2.06. The summed E-state index contributed by atoms with van der Waals surface area (Å²) in [6, 6.07) is 9.52. The average molecular weight is 192 g/mol. The molecule has 1 rings (SSSR count). The van der Waals surface area contributed by atoms with E-state index < -0.39 is 6.10 Å². The molecule has 0 saturated heterocycles. The van der Waals surface area contributed by atoms with Gasteiger partial charge in [-0.3, -0.25) is 0 Å². The minimum atomic E-state index is -0.501. The standard InChI is InChI=1S/C12H16O2/c1-10(6-5-9-13)12(14)11-7-3-2-4-8-11/h2-8,10,12-14H,9H2,1H3/b6-5-. The summed E-state index contributed by atoms with van der Waals surface area (Å²) < 4.78 is 0. The molecule has 2 nitrogen and oxygen atoms in total. The van der Waals surface area contributed by atoms with Gasteiger partial charge in [-0.2, -0.15) is 0 Å². The summed E-state index contributed by atoms with van der Waals surface area (Å²) >= 11 is 0. The molecule has 0 amide bonds. The highest BCUT2D eigenvalue weighted by Crippen LogP contribution is 2.21. The molecule has 1 aromatic carbocycles. The first-order valence-electron chi connectivity index (χ1n) is 4.76. The highest BCUT2D eigenvalue weighted by atomic mass is 16.3. The van der Waals surface area contributed by atoms with Crippen molar-refractivity contribution in [3.63, 3.8) is 0 Å². The van der Waals surface area contributed by atoms with E-state index in [-0.39, 0.29) is 12.5 Å². The van der Waals surface area contributed by atoms with Crippen LogP contribution in [0, 0.1) is 5.92 Å². The normalized spacial score (nSPS) is 15.6. The van der Waals surface area contributed by atoms with Crippen molar-refractivity contribution in [2.75, 3.05) is 6.61 Å². The molecule has 0 aliphatic carbocycles. The molecule has 0 bridgehead atoms. The predicted molar refractivity (Wildman–Crippen MR) is 56.8 cm³/mol. The van der Waals surface area contributed by atoms with Gasteiger partial charge in [0.1, 0.15) is 0 Å². The third-order valence-electron chi connectivity index (χ3n) is 2.18. The molecule has 0 fully saturated rings. The molecule has 2 heteroatoms. The van der Waals surface area contributed by atoms with Crippen LogP contribution in [0.4, 0.5) is 0 Å². The van der Waals surface area contributed by atoms with Gasteiger partial charge >= 0.3 is 0 Å². The van der Waals surface area contributed by atoms with E-state index in [1.54, 1.807) is 6.08 Å². The van der Waals surface area contributed by atoms with Crippen molar-refractivity contribution < 1.29 is 10.2 Å². The molecule has 2 N–H and O–H groups in total. The van der Waals surface area contributed by atoms with Gasteiger partial charge in [0.2, 0.25) is 0 Å². The van der Waals surface area contributed by atoms with E-state index in [1.807, 2.05) is 43.3 Å². The fourth-order valence-corrected chi connectivity index (χ4v) is 1.33. The van der Waals surface area contributed by atoms with E-state index >= 15 is 0 Å². The molecule has 76 valence electrons. The van der Waals surface area contributed by atoms with Crippen LogP contribution in [-0.4, -0.2) is 16.8 Å². The molecule has 0 aliphatic rings. The van der Waals surface area contributed by atoms with Crippen LogP contribution in [0.5, 0.6) is 0 Å². The third-order valence-corrected chi connectivity index (χ3v) is 2.18. The first-order valence-corrected chi connectivity index (χ1v) is 4.76. The Bertz CT molecular complexity index is 280. The number of benzene rings is 1. The van der Waals surface area contributed by atoms with Crippen LogP contribution in [0.15, 0.2) is 42.5 Å². The summed E-state index contributed by atoms with van der Waals surface area (Å²) in [5, 5.41) is 18.5. The Morgan fingerprint density at radius 2 is 1.93 bits per heavy atom. The summed E-state index contributed by atoms with van der Waals surface area (Å²) in [7, 11) is 0. The summed E-state index contributed by atoms with van der Waals surface area (Å²) in [5.74, 6) is 0.0181. The molecule has 0 saturated carbocycles. The van der Waals surface area contributed by atoms with Crippen molar-refractivity contribution in [3.8, 4) is 0 Å². The van der Waals surface area contributed by atoms with Gasteiger partial charge in [-0.25, -0.2) is 0 Å². The Balaban J connectivity index is 2.65. The van der Waals surface area contributed by atoms with Gasteiger partial charge in [0, 0.05) is 5.92 Å². The number of hydrogen-bond donors (Lipinski definition) is 2. The molecule has 0 radical (unpaired) electrons. The van der Waals surface area contributed by atoms with Crippen molar-refractivity contribution in [1.82, 2.24) is 0 Å². The summed E-state index contributed by atoms with van der Waals surface area (Å²) in [5.41, 5.74) is 0.905. The lowest BCUT2D eigenvalue weighted by atomic mass is 9.97. The SMILES string of the molecule is CC(/C=C\CO)C(O)c1ccccc1. The lowest BCUT2D eigenvalue weighted by molar-refractivity contribution is 0.139. The first-order chi connectivity index (χ1) is 6.75. The van der Waals surface area contributed by atoms with Gasteiger partial charge in [-0.1, -0.05) is 49.4 Å². The molecule has 2 atom stereocenters. The van der Waals surface area contributed by atoms with Crippen molar-refractivity contribution >= 4 is 0 Å². The van der Waals surface area contributed by atoms with Crippen molar-refractivity contribution in [3.05, 3.63) is 48.0 Å². The molecular formula is C12H16O2.